The molecule has 4 aliphatic rings. The SMILES string of the molecule is CCOCCO[C@H]1C(=O)[C@@]2(C)C([C@H](OC(=O)c3ccccc3)[C@]3(O)C[C@H](OC(=O)[C@H](O)[C@@H](NC(=O)OCCO)c4ccccc4)C(C)=C1C3(C)C)[C@]1(OC(C)=O)CO[C@@H]1C[C@@H]2OCCOCC. The first kappa shape index (κ1) is 51.6. The maximum atomic E-state index is 16.2. The zero-order valence-electron chi connectivity index (χ0n) is 39.2. The number of hydrogen-bond acceptors (Lipinski definition) is 17. The molecule has 67 heavy (non-hydrogen) atoms. The monoisotopic (exact) mass is 939 g/mol. The quantitative estimate of drug-likeness (QED) is 0.0642. The molecule has 2 aromatic rings. The van der Waals surface area contributed by atoms with E-state index in [1.807, 2.05) is 13.8 Å². The lowest BCUT2D eigenvalue weighted by molar-refractivity contribution is -0.349. The van der Waals surface area contributed by atoms with E-state index in [1.54, 1.807) is 76.2 Å². The molecule has 0 radical (unpaired) electrons. The summed E-state index contributed by atoms with van der Waals surface area (Å²) in [5.74, 6) is -4.77. The first-order valence-corrected chi connectivity index (χ1v) is 22.8. The average Bonchev–Trinajstić information content (AvgIpc) is 3.30. The third kappa shape index (κ3) is 10.0. The fourth-order valence-corrected chi connectivity index (χ4v) is 10.5. The highest BCUT2D eigenvalue weighted by Gasteiger charge is 2.78. The van der Waals surface area contributed by atoms with Gasteiger partial charge < -0.3 is 63.3 Å². The molecule has 2 aromatic carbocycles. The minimum Gasteiger partial charge on any atom is -0.456 e. The Labute approximate surface area is 390 Å². The highest BCUT2D eigenvalue weighted by atomic mass is 16.6. The van der Waals surface area contributed by atoms with Crippen molar-refractivity contribution in [3.63, 3.8) is 0 Å². The van der Waals surface area contributed by atoms with Crippen molar-refractivity contribution in [1.82, 2.24) is 5.32 Å². The molecule has 1 heterocycles. The molecule has 6 rings (SSSR count). The predicted molar refractivity (Wildman–Crippen MR) is 236 cm³/mol. The number of rotatable bonds is 20. The van der Waals surface area contributed by atoms with E-state index in [-0.39, 0.29) is 57.2 Å². The molecule has 1 aliphatic heterocycles. The van der Waals surface area contributed by atoms with Gasteiger partial charge in [-0.3, -0.25) is 9.59 Å². The van der Waals surface area contributed by atoms with Crippen molar-refractivity contribution in [3.05, 3.63) is 82.9 Å². The van der Waals surface area contributed by atoms with Crippen LogP contribution in [0.15, 0.2) is 71.8 Å². The predicted octanol–water partition coefficient (Wildman–Crippen LogP) is 3.58. The van der Waals surface area contributed by atoms with Crippen LogP contribution in [0.2, 0.25) is 0 Å². The number of amides is 1. The molecule has 11 atom stereocenters. The Bertz CT molecular complexity index is 2100. The van der Waals surface area contributed by atoms with Crippen LogP contribution in [0.3, 0.4) is 0 Å². The van der Waals surface area contributed by atoms with Gasteiger partial charge in [0.1, 0.15) is 36.6 Å². The van der Waals surface area contributed by atoms with Gasteiger partial charge in [-0.05, 0) is 56.5 Å². The standard InChI is InChI=1S/C49H65NO17/c1-8-59-22-24-61-34-26-35-48(28-64-35,67-30(4)52)40-42(66-43(55)32-18-14-11-15-19-32)49(58)27-33(29(3)36(46(49,5)6)39(41(54)47(34,40)7)62-25-23-60-9-2)65-44(56)38(53)37(31-16-12-10-13-17-31)50-45(57)63-21-20-51/h10-19,33-35,37-40,42,51,53,58H,8-9,20-28H2,1-7H3,(H,50,57)/t33-,34-,35+,37-,38+,39+,40?,42-,47+,48-,49+/m0/s1. The van der Waals surface area contributed by atoms with Crippen molar-refractivity contribution in [2.24, 2.45) is 16.7 Å². The van der Waals surface area contributed by atoms with E-state index in [9.17, 15) is 34.5 Å². The van der Waals surface area contributed by atoms with Gasteiger partial charge in [-0.1, -0.05) is 62.4 Å². The lowest BCUT2D eigenvalue weighted by Gasteiger charge is -2.68. The van der Waals surface area contributed by atoms with E-state index in [2.05, 4.69) is 5.32 Å². The number of fused-ring (bicyclic) bond motifs is 5. The lowest BCUT2D eigenvalue weighted by atomic mass is 9.44. The molecule has 1 saturated heterocycles. The van der Waals surface area contributed by atoms with Gasteiger partial charge in [0, 0.05) is 38.4 Å². The zero-order chi connectivity index (χ0) is 48.7. The van der Waals surface area contributed by atoms with Crippen molar-refractivity contribution in [3.8, 4) is 0 Å². The molecule has 4 N–H and O–H groups in total. The average molecular weight is 940 g/mol. The molecule has 2 bridgehead atoms. The topological polar surface area (TPSA) is 241 Å². The van der Waals surface area contributed by atoms with Crippen LogP contribution >= 0.6 is 0 Å². The molecule has 3 fully saturated rings. The molecular weight excluding hydrogens is 875 g/mol. The molecule has 2 saturated carbocycles. The van der Waals surface area contributed by atoms with Crippen LogP contribution in [-0.2, 0) is 57.0 Å². The number of esters is 3. The van der Waals surface area contributed by atoms with Crippen molar-refractivity contribution < 1.29 is 81.9 Å². The third-order valence-corrected chi connectivity index (χ3v) is 13.9. The highest BCUT2D eigenvalue weighted by molar-refractivity contribution is 5.94. The molecule has 0 aromatic heterocycles. The van der Waals surface area contributed by atoms with Crippen molar-refractivity contribution in [2.45, 2.75) is 115 Å². The van der Waals surface area contributed by atoms with Crippen LogP contribution in [0.4, 0.5) is 4.79 Å². The summed E-state index contributed by atoms with van der Waals surface area (Å²) >= 11 is 0. The lowest BCUT2D eigenvalue weighted by Crippen LogP contribution is -2.82. The van der Waals surface area contributed by atoms with Gasteiger partial charge in [-0.15, -0.1) is 0 Å². The van der Waals surface area contributed by atoms with E-state index in [4.69, 9.17) is 42.6 Å². The molecule has 0 spiro atoms. The Hall–Kier alpha value is -4.79. The van der Waals surface area contributed by atoms with Gasteiger partial charge in [-0.2, -0.15) is 0 Å². The van der Waals surface area contributed by atoms with Gasteiger partial charge >= 0.3 is 24.0 Å². The number of carbonyl (C=O) groups is 5. The largest absolute Gasteiger partial charge is 0.456 e. The minimum atomic E-state index is -2.30. The number of aliphatic hydroxyl groups is 3. The summed E-state index contributed by atoms with van der Waals surface area (Å²) in [4.78, 5) is 71.2. The fraction of sp³-hybridized carbons (Fsp3) is 0.612. The summed E-state index contributed by atoms with van der Waals surface area (Å²) in [5.41, 5.74) is -6.37. The molecule has 1 amide bonds. The van der Waals surface area contributed by atoms with Crippen LogP contribution < -0.4 is 5.32 Å². The van der Waals surface area contributed by atoms with E-state index >= 15 is 4.79 Å². The Morgan fingerprint density at radius 3 is 2.09 bits per heavy atom. The number of hydrogen-bond donors (Lipinski definition) is 4. The molecule has 18 heteroatoms. The van der Waals surface area contributed by atoms with E-state index in [0.29, 0.717) is 24.4 Å². The van der Waals surface area contributed by atoms with E-state index in [0.717, 1.165) is 0 Å². The summed E-state index contributed by atoms with van der Waals surface area (Å²) in [7, 11) is 0. The van der Waals surface area contributed by atoms with Gasteiger partial charge in [0.2, 0.25) is 0 Å². The Kier molecular flexibility index (Phi) is 16.7. The number of ketones is 1. The molecule has 368 valence electrons. The van der Waals surface area contributed by atoms with Gasteiger partial charge in [0.15, 0.2) is 17.5 Å². The number of ether oxygens (including phenoxy) is 9. The summed E-state index contributed by atoms with van der Waals surface area (Å²) in [6.07, 6.45) is -10.1. The van der Waals surface area contributed by atoms with Crippen molar-refractivity contribution >= 4 is 29.8 Å². The number of benzene rings is 2. The van der Waals surface area contributed by atoms with Crippen LogP contribution in [0, 0.1) is 16.7 Å². The van der Waals surface area contributed by atoms with Crippen LogP contribution in [0.1, 0.15) is 83.3 Å². The first-order chi connectivity index (χ1) is 31.9. The molecule has 18 nitrogen and oxygen atoms in total. The van der Waals surface area contributed by atoms with Crippen LogP contribution in [0.25, 0.3) is 0 Å². The Balaban J connectivity index is 1.56. The molecule has 3 aliphatic carbocycles. The van der Waals surface area contributed by atoms with Gasteiger partial charge in [-0.25, -0.2) is 14.4 Å². The van der Waals surface area contributed by atoms with Gasteiger partial charge in [0.25, 0.3) is 0 Å². The minimum absolute atomic E-state index is 0.0432. The third-order valence-electron chi connectivity index (χ3n) is 13.9. The molecule has 1 unspecified atom stereocenters. The highest BCUT2D eigenvalue weighted by Crippen LogP contribution is 2.65. The van der Waals surface area contributed by atoms with Crippen molar-refractivity contribution in [1.29, 1.82) is 0 Å². The number of nitrogens with one attached hydrogen (secondary N) is 1. The zero-order valence-corrected chi connectivity index (χ0v) is 39.2. The number of alkyl carbamates (subject to hydrolysis) is 1. The van der Waals surface area contributed by atoms with Crippen LogP contribution in [-0.4, -0.2) is 152 Å². The number of carbonyl (C=O) groups excluding carboxylic acids is 5. The smallest absolute Gasteiger partial charge is 0.407 e. The second-order valence-corrected chi connectivity index (χ2v) is 18.0. The van der Waals surface area contributed by atoms with E-state index < -0.39 is 113 Å². The van der Waals surface area contributed by atoms with E-state index in [1.165, 1.54) is 19.1 Å². The number of aliphatic hydroxyl groups excluding tert-OH is 2. The Morgan fingerprint density at radius 1 is 0.881 bits per heavy atom. The normalized spacial score (nSPS) is 30.5. The first-order valence-electron chi connectivity index (χ1n) is 22.8. The van der Waals surface area contributed by atoms with Gasteiger partial charge in [0.05, 0.1) is 68.7 Å². The maximum absolute atomic E-state index is 16.2. The second kappa shape index (κ2) is 21.7. The van der Waals surface area contributed by atoms with Crippen molar-refractivity contribution in [2.75, 3.05) is 59.5 Å². The second-order valence-electron chi connectivity index (χ2n) is 18.0. The molecular formula is C49H65NO17. The maximum Gasteiger partial charge on any atom is 0.407 e. The Morgan fingerprint density at radius 2 is 1.51 bits per heavy atom. The summed E-state index contributed by atoms with van der Waals surface area (Å²) in [6, 6.07) is 14.7. The summed E-state index contributed by atoms with van der Waals surface area (Å²) in [6.45, 7) is 11.4. The summed E-state index contributed by atoms with van der Waals surface area (Å²) in [5, 5.41) is 37.5. The summed E-state index contributed by atoms with van der Waals surface area (Å²) < 4.78 is 54.6. The number of Topliss-reactive ketones (excluding diaryl/α,β-unsaturated/α-hetero) is 1. The van der Waals surface area contributed by atoms with Crippen LogP contribution in [0.5, 0.6) is 0 Å². The fourth-order valence-electron chi connectivity index (χ4n) is 10.5.